The molecule has 9 heteroatoms. The lowest BCUT2D eigenvalue weighted by Gasteiger charge is -2.18. The van der Waals surface area contributed by atoms with E-state index < -0.39 is 14.9 Å². The SMILES string of the molecule is CCN(CC)S(=O)(=O)c1ccc([C@@H](C)N=Cc2cc([N+](=O)[O-])ccc2O)cc1. The van der Waals surface area contributed by atoms with Crippen molar-refractivity contribution < 1.29 is 18.4 Å². The molecule has 150 valence electrons. The molecule has 1 N–H and O–H groups in total. The van der Waals surface area contributed by atoms with E-state index in [1.165, 1.54) is 28.7 Å². The second-order valence-electron chi connectivity index (χ2n) is 6.11. The van der Waals surface area contributed by atoms with Crippen LogP contribution in [0.15, 0.2) is 52.4 Å². The lowest BCUT2D eigenvalue weighted by molar-refractivity contribution is -0.384. The first-order valence-electron chi connectivity index (χ1n) is 8.81. The van der Waals surface area contributed by atoms with Crippen LogP contribution in [-0.4, -0.2) is 42.1 Å². The molecule has 2 aromatic carbocycles. The number of hydrogen-bond acceptors (Lipinski definition) is 6. The van der Waals surface area contributed by atoms with Gasteiger partial charge >= 0.3 is 0 Å². The van der Waals surface area contributed by atoms with Crippen LogP contribution in [0.25, 0.3) is 0 Å². The van der Waals surface area contributed by atoms with Crippen LogP contribution in [0.3, 0.4) is 0 Å². The Bertz CT molecular complexity index is 968. The first kappa shape index (κ1) is 21.5. The zero-order chi connectivity index (χ0) is 20.9. The summed E-state index contributed by atoms with van der Waals surface area (Å²) in [6, 6.07) is 9.83. The third-order valence-corrected chi connectivity index (χ3v) is 6.43. The standard InChI is InChI=1S/C19H23N3O5S/c1-4-21(5-2)28(26,27)18-9-6-15(7-10-18)14(3)20-13-16-12-17(22(24)25)8-11-19(16)23/h6-14,23H,4-5H2,1-3H3/t14-/m1/s1. The molecule has 0 bridgehead atoms. The van der Waals surface area contributed by atoms with Gasteiger partial charge in [-0.3, -0.25) is 15.1 Å². The number of nitro benzene ring substituents is 1. The van der Waals surface area contributed by atoms with Gasteiger partial charge in [-0.05, 0) is 30.7 Å². The number of hydrogen-bond donors (Lipinski definition) is 1. The third-order valence-electron chi connectivity index (χ3n) is 4.36. The molecule has 0 spiro atoms. The van der Waals surface area contributed by atoms with E-state index in [9.17, 15) is 23.6 Å². The Morgan fingerprint density at radius 1 is 1.18 bits per heavy atom. The van der Waals surface area contributed by atoms with E-state index in [1.54, 1.807) is 45.0 Å². The lowest BCUT2D eigenvalue weighted by atomic mass is 10.1. The number of sulfonamides is 1. The van der Waals surface area contributed by atoms with Gasteiger partial charge in [-0.25, -0.2) is 8.42 Å². The van der Waals surface area contributed by atoms with Gasteiger partial charge in [-0.2, -0.15) is 4.31 Å². The molecule has 8 nitrogen and oxygen atoms in total. The van der Waals surface area contributed by atoms with E-state index >= 15 is 0 Å². The maximum atomic E-state index is 12.5. The van der Waals surface area contributed by atoms with Gasteiger partial charge < -0.3 is 5.11 Å². The monoisotopic (exact) mass is 405 g/mol. The van der Waals surface area contributed by atoms with Crippen LogP contribution in [0, 0.1) is 10.1 Å². The van der Waals surface area contributed by atoms with E-state index in [0.717, 1.165) is 5.56 Å². The van der Waals surface area contributed by atoms with Gasteiger partial charge in [-0.1, -0.05) is 26.0 Å². The summed E-state index contributed by atoms with van der Waals surface area (Å²) >= 11 is 0. The molecule has 0 saturated carbocycles. The normalized spacial score (nSPS) is 13.1. The molecule has 2 rings (SSSR count). The number of phenols is 1. The zero-order valence-electron chi connectivity index (χ0n) is 15.9. The molecular weight excluding hydrogens is 382 g/mol. The Morgan fingerprint density at radius 2 is 1.79 bits per heavy atom. The van der Waals surface area contributed by atoms with Crippen molar-refractivity contribution in [1.29, 1.82) is 0 Å². The molecule has 0 heterocycles. The molecule has 2 aromatic rings. The smallest absolute Gasteiger partial charge is 0.270 e. The predicted molar refractivity (Wildman–Crippen MR) is 107 cm³/mol. The minimum Gasteiger partial charge on any atom is -0.507 e. The van der Waals surface area contributed by atoms with E-state index in [2.05, 4.69) is 4.99 Å². The lowest BCUT2D eigenvalue weighted by Crippen LogP contribution is -2.30. The van der Waals surface area contributed by atoms with Crippen molar-refractivity contribution in [2.45, 2.75) is 31.7 Å². The number of aliphatic imine (C=N–C) groups is 1. The molecule has 1 atom stereocenters. The number of nitrogens with zero attached hydrogens (tertiary/aromatic N) is 3. The van der Waals surface area contributed by atoms with Gasteiger partial charge in [0, 0.05) is 37.0 Å². The molecular formula is C19H23N3O5S. The van der Waals surface area contributed by atoms with Gasteiger partial charge in [0.25, 0.3) is 5.69 Å². The van der Waals surface area contributed by atoms with Crippen molar-refractivity contribution in [3.63, 3.8) is 0 Å². The Labute approximate surface area is 164 Å². The van der Waals surface area contributed by atoms with Crippen LogP contribution in [0.4, 0.5) is 5.69 Å². The molecule has 0 radical (unpaired) electrons. The summed E-state index contributed by atoms with van der Waals surface area (Å²) in [5, 5.41) is 20.7. The number of aromatic hydroxyl groups is 1. The van der Waals surface area contributed by atoms with Crippen LogP contribution in [0.5, 0.6) is 5.75 Å². The Balaban J connectivity index is 2.22. The quantitative estimate of drug-likeness (QED) is 0.410. The Morgan fingerprint density at radius 3 is 2.32 bits per heavy atom. The molecule has 0 saturated heterocycles. The molecule has 0 fully saturated rings. The zero-order valence-corrected chi connectivity index (χ0v) is 16.8. The van der Waals surface area contributed by atoms with Crippen molar-refractivity contribution >= 4 is 21.9 Å². The van der Waals surface area contributed by atoms with Gasteiger partial charge in [0.1, 0.15) is 5.75 Å². The van der Waals surface area contributed by atoms with Crippen molar-refractivity contribution in [2.75, 3.05) is 13.1 Å². The van der Waals surface area contributed by atoms with E-state index in [4.69, 9.17) is 0 Å². The molecule has 0 aliphatic heterocycles. The van der Waals surface area contributed by atoms with Gasteiger partial charge in [0.2, 0.25) is 10.0 Å². The van der Waals surface area contributed by atoms with Crippen LogP contribution >= 0.6 is 0 Å². The van der Waals surface area contributed by atoms with Crippen LogP contribution in [0.2, 0.25) is 0 Å². The number of benzene rings is 2. The number of nitro groups is 1. The fourth-order valence-electron chi connectivity index (χ4n) is 2.67. The number of non-ortho nitro benzene ring substituents is 1. The van der Waals surface area contributed by atoms with Crippen LogP contribution < -0.4 is 0 Å². The highest BCUT2D eigenvalue weighted by Gasteiger charge is 2.21. The molecule has 28 heavy (non-hydrogen) atoms. The topological polar surface area (TPSA) is 113 Å². The first-order valence-corrected chi connectivity index (χ1v) is 10.2. The fourth-order valence-corrected chi connectivity index (χ4v) is 4.13. The van der Waals surface area contributed by atoms with Gasteiger partial charge in [-0.15, -0.1) is 0 Å². The van der Waals surface area contributed by atoms with E-state index in [1.807, 2.05) is 0 Å². The highest BCUT2D eigenvalue weighted by Crippen LogP contribution is 2.24. The average molecular weight is 405 g/mol. The molecule has 0 aliphatic carbocycles. The van der Waals surface area contributed by atoms with Crippen molar-refractivity contribution in [3.05, 3.63) is 63.7 Å². The minimum absolute atomic E-state index is 0.109. The second kappa shape index (κ2) is 8.94. The summed E-state index contributed by atoms with van der Waals surface area (Å²) in [5.41, 5.74) is 0.874. The predicted octanol–water partition coefficient (Wildman–Crippen LogP) is 3.51. The maximum Gasteiger partial charge on any atom is 0.270 e. The summed E-state index contributed by atoms with van der Waals surface area (Å²) in [4.78, 5) is 14.8. The van der Waals surface area contributed by atoms with E-state index in [-0.39, 0.29) is 27.9 Å². The van der Waals surface area contributed by atoms with Gasteiger partial charge in [0.15, 0.2) is 0 Å². The molecule has 0 amide bonds. The van der Waals surface area contributed by atoms with Crippen molar-refractivity contribution in [1.82, 2.24) is 4.31 Å². The number of rotatable bonds is 8. The summed E-state index contributed by atoms with van der Waals surface area (Å²) < 4.78 is 26.4. The number of phenolic OH excluding ortho intramolecular Hbond substituents is 1. The maximum absolute atomic E-state index is 12.5. The summed E-state index contributed by atoms with van der Waals surface area (Å²) in [6.07, 6.45) is 1.37. The summed E-state index contributed by atoms with van der Waals surface area (Å²) in [6.45, 7) is 6.17. The Hall–Kier alpha value is -2.78. The summed E-state index contributed by atoms with van der Waals surface area (Å²) in [5.74, 6) is -0.109. The Kier molecular flexibility index (Phi) is 6.87. The van der Waals surface area contributed by atoms with Crippen molar-refractivity contribution in [3.8, 4) is 5.75 Å². The molecule has 0 aromatic heterocycles. The highest BCUT2D eigenvalue weighted by molar-refractivity contribution is 7.89. The first-order chi connectivity index (χ1) is 13.2. The van der Waals surface area contributed by atoms with Crippen LogP contribution in [0.1, 0.15) is 37.9 Å². The van der Waals surface area contributed by atoms with Crippen molar-refractivity contribution in [2.24, 2.45) is 4.99 Å². The highest BCUT2D eigenvalue weighted by atomic mass is 32.2. The molecule has 0 unspecified atom stereocenters. The fraction of sp³-hybridized carbons (Fsp3) is 0.316. The minimum atomic E-state index is -3.52. The average Bonchev–Trinajstić information content (AvgIpc) is 2.67. The van der Waals surface area contributed by atoms with E-state index in [0.29, 0.717) is 13.1 Å². The van der Waals surface area contributed by atoms with Gasteiger partial charge in [0.05, 0.1) is 15.9 Å². The molecule has 0 aliphatic rings. The largest absolute Gasteiger partial charge is 0.507 e. The summed E-state index contributed by atoms with van der Waals surface area (Å²) in [7, 11) is -3.52. The second-order valence-corrected chi connectivity index (χ2v) is 8.05. The third kappa shape index (κ3) is 4.73. The van der Waals surface area contributed by atoms with Crippen LogP contribution in [-0.2, 0) is 10.0 Å².